The molecule has 1 saturated carbocycles. The summed E-state index contributed by atoms with van der Waals surface area (Å²) < 4.78 is 0. The van der Waals surface area contributed by atoms with Gasteiger partial charge in [0, 0.05) is 42.4 Å². The van der Waals surface area contributed by atoms with Crippen molar-refractivity contribution < 1.29 is 24.6 Å². The lowest BCUT2D eigenvalue weighted by Gasteiger charge is -2.26. The Morgan fingerprint density at radius 3 is 2.05 bits per heavy atom. The summed E-state index contributed by atoms with van der Waals surface area (Å²) in [6.45, 7) is 6.61. The van der Waals surface area contributed by atoms with Crippen molar-refractivity contribution in [2.45, 2.75) is 76.4 Å². The van der Waals surface area contributed by atoms with E-state index in [1.54, 1.807) is 36.8 Å². The van der Waals surface area contributed by atoms with Gasteiger partial charge < -0.3 is 24.6 Å². The fourth-order valence-electron chi connectivity index (χ4n) is 4.44. The Balaban J connectivity index is 1.78. The number of rotatable bonds is 9. The molecule has 5 N–H and O–H groups in total. The van der Waals surface area contributed by atoms with Crippen molar-refractivity contribution in [2.24, 2.45) is 15.0 Å². The minimum atomic E-state index is -4.05. The van der Waals surface area contributed by atoms with Gasteiger partial charge in [-0.15, -0.1) is 0 Å². The van der Waals surface area contributed by atoms with Crippen LogP contribution in [0.5, 0.6) is 11.5 Å². The first-order valence-electron chi connectivity index (χ1n) is 12.8. The lowest BCUT2D eigenvalue weighted by molar-refractivity contribution is 0.227. The molecule has 9 heteroatoms. The van der Waals surface area contributed by atoms with Crippen molar-refractivity contribution in [3.8, 4) is 11.5 Å². The van der Waals surface area contributed by atoms with Crippen LogP contribution in [0.3, 0.4) is 0 Å². The van der Waals surface area contributed by atoms with Gasteiger partial charge in [-0.05, 0) is 60.1 Å². The number of benzene rings is 2. The molecule has 0 spiro atoms. The highest BCUT2D eigenvalue weighted by atomic mass is 28.4. The second-order valence-corrected chi connectivity index (χ2v) is 12.7. The van der Waals surface area contributed by atoms with Crippen LogP contribution in [-0.4, -0.2) is 70.7 Å². The lowest BCUT2D eigenvalue weighted by atomic mass is 9.83. The molecular weight excluding hydrogens is 486 g/mol. The molecule has 0 unspecified atom stereocenters. The molecule has 0 saturated heterocycles. The summed E-state index contributed by atoms with van der Waals surface area (Å²) in [6, 6.07) is 10.7. The van der Waals surface area contributed by atoms with Crippen LogP contribution in [0.15, 0.2) is 51.4 Å². The van der Waals surface area contributed by atoms with Crippen molar-refractivity contribution in [2.75, 3.05) is 6.54 Å². The molecule has 37 heavy (non-hydrogen) atoms. The maximum absolute atomic E-state index is 10.8. The highest BCUT2D eigenvalue weighted by Crippen LogP contribution is 2.31. The van der Waals surface area contributed by atoms with Crippen molar-refractivity contribution in [3.05, 3.63) is 58.7 Å². The Labute approximate surface area is 220 Å². The average Bonchev–Trinajstić information content (AvgIpc) is 2.82. The van der Waals surface area contributed by atoms with Crippen LogP contribution < -0.4 is 0 Å². The van der Waals surface area contributed by atoms with E-state index in [-0.39, 0.29) is 35.0 Å². The predicted octanol–water partition coefficient (Wildman–Crippen LogP) is 3.97. The van der Waals surface area contributed by atoms with E-state index < -0.39 is 8.80 Å². The van der Waals surface area contributed by atoms with Gasteiger partial charge in [0.25, 0.3) is 0 Å². The summed E-state index contributed by atoms with van der Waals surface area (Å²) in [4.78, 5) is 41.4. The normalized spacial score (nSPS) is 19.4. The fourth-order valence-corrected chi connectivity index (χ4v) is 5.07. The molecule has 0 bridgehead atoms. The molecule has 2 aromatic carbocycles. The number of para-hydroxylation sites is 1. The zero-order valence-electron chi connectivity index (χ0n) is 21.9. The maximum atomic E-state index is 10.8. The molecule has 2 aromatic rings. The molecule has 3 rings (SSSR count). The van der Waals surface area contributed by atoms with E-state index in [0.717, 1.165) is 36.8 Å². The Kier molecular flexibility index (Phi) is 9.78. The number of nitrogens with zero attached hydrogens (tertiary/aromatic N) is 3. The van der Waals surface area contributed by atoms with Crippen LogP contribution in [0.2, 0.25) is 6.04 Å². The third-order valence-corrected chi connectivity index (χ3v) is 7.50. The van der Waals surface area contributed by atoms with Gasteiger partial charge in [0.1, 0.15) is 11.5 Å². The molecule has 1 fully saturated rings. The van der Waals surface area contributed by atoms with E-state index in [1.165, 1.54) is 0 Å². The minimum absolute atomic E-state index is 0.00479. The summed E-state index contributed by atoms with van der Waals surface area (Å²) in [7, 11) is -4.05. The van der Waals surface area contributed by atoms with Crippen LogP contribution in [0.1, 0.15) is 75.1 Å². The topological polar surface area (TPSA) is 138 Å². The van der Waals surface area contributed by atoms with Crippen LogP contribution in [-0.2, 0) is 5.41 Å². The number of aliphatic imine (C=N–C) groups is 3. The number of phenols is 2. The summed E-state index contributed by atoms with van der Waals surface area (Å²) in [5.41, 5.74) is 2.89. The SMILES string of the molecule is CC(C)(C)c1cc(C=N[C@@H]2CCCC[C@@H]2N=Cc2ccccc2O)c(O)cc1C=NCCC[Si](O)(O)O. The van der Waals surface area contributed by atoms with E-state index in [2.05, 4.69) is 25.8 Å². The number of hydrogen-bond donors (Lipinski definition) is 5. The van der Waals surface area contributed by atoms with Crippen LogP contribution in [0, 0.1) is 0 Å². The minimum Gasteiger partial charge on any atom is -0.507 e. The molecule has 0 amide bonds. The predicted molar refractivity (Wildman–Crippen MR) is 150 cm³/mol. The van der Waals surface area contributed by atoms with Crippen LogP contribution in [0.25, 0.3) is 0 Å². The van der Waals surface area contributed by atoms with Crippen LogP contribution >= 0.6 is 0 Å². The van der Waals surface area contributed by atoms with Gasteiger partial charge in [0.05, 0.1) is 12.1 Å². The summed E-state index contributed by atoms with van der Waals surface area (Å²) in [5, 5.41) is 20.8. The second kappa shape index (κ2) is 12.6. The first-order valence-corrected chi connectivity index (χ1v) is 14.9. The number of hydrogen-bond acceptors (Lipinski definition) is 8. The molecule has 8 nitrogen and oxygen atoms in total. The molecule has 200 valence electrons. The quantitative estimate of drug-likeness (QED) is 0.192. The zero-order chi connectivity index (χ0) is 27.1. The zero-order valence-corrected chi connectivity index (χ0v) is 22.9. The van der Waals surface area contributed by atoms with Gasteiger partial charge >= 0.3 is 8.80 Å². The van der Waals surface area contributed by atoms with E-state index in [4.69, 9.17) is 24.4 Å². The first-order chi connectivity index (χ1) is 17.4. The van der Waals surface area contributed by atoms with Gasteiger partial charge in [-0.2, -0.15) is 0 Å². The van der Waals surface area contributed by atoms with Gasteiger partial charge in [0.2, 0.25) is 0 Å². The Morgan fingerprint density at radius 1 is 0.838 bits per heavy atom. The standard InChI is InChI=1S/C28H39N3O5Si/c1-28(2,3)23-15-22(27(33)16-21(23)17-29-13-8-14-37(34,35)36)19-31-25-11-6-5-10-24(25)30-18-20-9-4-7-12-26(20)32/h4,7,9,12,15-19,24-25,32-36H,5-6,8,10-11,13-14H2,1-3H3/t24-,25+/m0/s1. The Hall–Kier alpha value is -2.85. The summed E-state index contributed by atoms with van der Waals surface area (Å²) >= 11 is 0. The monoisotopic (exact) mass is 525 g/mol. The van der Waals surface area contributed by atoms with Crippen molar-refractivity contribution >= 4 is 27.4 Å². The van der Waals surface area contributed by atoms with Gasteiger partial charge in [-0.25, -0.2) is 0 Å². The molecular formula is C28H39N3O5Si. The van der Waals surface area contributed by atoms with Crippen molar-refractivity contribution in [1.82, 2.24) is 0 Å². The molecule has 1 aliphatic carbocycles. The van der Waals surface area contributed by atoms with Gasteiger partial charge in [-0.1, -0.05) is 45.7 Å². The summed E-state index contributed by atoms with van der Waals surface area (Å²) in [5.74, 6) is 0.311. The molecule has 2 atom stereocenters. The lowest BCUT2D eigenvalue weighted by Crippen LogP contribution is -2.34. The molecule has 0 radical (unpaired) electrons. The number of phenolic OH excluding ortho intramolecular Hbond substituents is 2. The number of aromatic hydroxyl groups is 2. The molecule has 0 aliphatic heterocycles. The van der Waals surface area contributed by atoms with E-state index >= 15 is 0 Å². The third-order valence-electron chi connectivity index (χ3n) is 6.48. The average molecular weight is 526 g/mol. The third kappa shape index (κ3) is 8.89. The summed E-state index contributed by atoms with van der Waals surface area (Å²) in [6.07, 6.45) is 9.50. The molecule has 0 aromatic heterocycles. The highest BCUT2D eigenvalue weighted by molar-refractivity contribution is 6.56. The smallest absolute Gasteiger partial charge is 0.492 e. The maximum Gasteiger partial charge on any atom is 0.492 e. The molecule has 0 heterocycles. The fraction of sp³-hybridized carbons (Fsp3) is 0.464. The van der Waals surface area contributed by atoms with E-state index in [1.807, 2.05) is 18.2 Å². The van der Waals surface area contributed by atoms with Gasteiger partial charge in [-0.3, -0.25) is 15.0 Å². The van der Waals surface area contributed by atoms with Gasteiger partial charge in [0.15, 0.2) is 0 Å². The Bertz CT molecular complexity index is 1140. The second-order valence-electron chi connectivity index (χ2n) is 10.7. The molecule has 1 aliphatic rings. The van der Waals surface area contributed by atoms with Crippen molar-refractivity contribution in [1.29, 1.82) is 0 Å². The first kappa shape index (κ1) is 28.7. The highest BCUT2D eigenvalue weighted by Gasteiger charge is 2.26. The Morgan fingerprint density at radius 2 is 1.46 bits per heavy atom. The largest absolute Gasteiger partial charge is 0.507 e. The van der Waals surface area contributed by atoms with Crippen LogP contribution in [0.4, 0.5) is 0 Å². The van der Waals surface area contributed by atoms with E-state index in [9.17, 15) is 10.2 Å². The van der Waals surface area contributed by atoms with Crippen molar-refractivity contribution in [3.63, 3.8) is 0 Å². The van der Waals surface area contributed by atoms with E-state index in [0.29, 0.717) is 24.1 Å².